The highest BCUT2D eigenvalue weighted by Gasteiger charge is 2.20. The second kappa shape index (κ2) is 11.1. The fourth-order valence-corrected chi connectivity index (χ4v) is 6.46. The quantitative estimate of drug-likeness (QED) is 0.344. The van der Waals surface area contributed by atoms with Crippen LogP contribution in [0.2, 0.25) is 0 Å². The van der Waals surface area contributed by atoms with E-state index in [1.54, 1.807) is 17.5 Å². The minimum Gasteiger partial charge on any atom is -0.384 e. The second-order valence-corrected chi connectivity index (χ2v) is 11.1. The topological polar surface area (TPSA) is 73.4 Å². The number of piperazine rings is 1. The van der Waals surface area contributed by atoms with Gasteiger partial charge in [-0.15, -0.1) is 11.3 Å². The summed E-state index contributed by atoms with van der Waals surface area (Å²) in [6.45, 7) is 7.79. The van der Waals surface area contributed by atoms with Crippen molar-refractivity contribution in [2.45, 2.75) is 25.7 Å². The highest BCUT2D eigenvalue weighted by Crippen LogP contribution is 2.33. The Bertz CT molecular complexity index is 1390. The Labute approximate surface area is 221 Å². The van der Waals surface area contributed by atoms with Crippen molar-refractivity contribution >= 4 is 43.9 Å². The van der Waals surface area contributed by atoms with Crippen molar-refractivity contribution in [2.24, 2.45) is 0 Å². The molecule has 0 bridgehead atoms. The molecule has 2 saturated heterocycles. The Morgan fingerprint density at radius 3 is 2.76 bits per heavy atom. The molecule has 0 unspecified atom stereocenters. The Morgan fingerprint density at radius 2 is 1.89 bits per heavy atom. The normalized spacial score (nSPS) is 16.9. The third-order valence-corrected chi connectivity index (χ3v) is 8.54. The van der Waals surface area contributed by atoms with Crippen LogP contribution in [-0.4, -0.2) is 78.0 Å². The van der Waals surface area contributed by atoms with E-state index in [0.717, 1.165) is 88.5 Å². The molecule has 2 N–H and O–H groups in total. The van der Waals surface area contributed by atoms with Gasteiger partial charge in [0.15, 0.2) is 0 Å². The molecule has 0 aliphatic carbocycles. The number of nitrogens with zero attached hydrogens (tertiary/aromatic N) is 4. The molecule has 3 aromatic heterocycles. The number of pyridine rings is 2. The number of amides is 1. The van der Waals surface area contributed by atoms with Gasteiger partial charge in [-0.1, -0.05) is 18.6 Å². The zero-order valence-corrected chi connectivity index (χ0v) is 22.0. The molecule has 2 fully saturated rings. The number of hydrogen-bond donors (Lipinski definition) is 2. The molecular weight excluding hydrogens is 480 g/mol. The Hall–Kier alpha value is -3.07. The number of thiophene rings is 1. The van der Waals surface area contributed by atoms with E-state index in [2.05, 4.69) is 44.8 Å². The van der Waals surface area contributed by atoms with Crippen LogP contribution in [-0.2, 0) is 0 Å². The molecule has 5 heterocycles. The number of benzene rings is 1. The van der Waals surface area contributed by atoms with E-state index in [1.807, 2.05) is 23.2 Å². The van der Waals surface area contributed by atoms with Gasteiger partial charge in [-0.3, -0.25) is 9.78 Å². The van der Waals surface area contributed by atoms with E-state index in [-0.39, 0.29) is 5.91 Å². The summed E-state index contributed by atoms with van der Waals surface area (Å²) in [5.74, 6) is 0.136. The van der Waals surface area contributed by atoms with Crippen molar-refractivity contribution in [3.8, 4) is 11.3 Å². The number of anilines is 1. The van der Waals surface area contributed by atoms with Gasteiger partial charge < -0.3 is 20.4 Å². The molecule has 0 spiro atoms. The number of likely N-dealkylation sites (tertiary alicyclic amines) is 1. The summed E-state index contributed by atoms with van der Waals surface area (Å²) in [5, 5.41) is 9.13. The van der Waals surface area contributed by atoms with Crippen molar-refractivity contribution in [2.75, 3.05) is 57.7 Å². The summed E-state index contributed by atoms with van der Waals surface area (Å²) in [5.41, 5.74) is 4.01. The average Bonchev–Trinajstić information content (AvgIpc) is 3.39. The molecule has 6 rings (SSSR count). The standard InChI is InChI=1S/C29H34N6OS/c36-29(35-15-10-30-11-16-35)28-18-22-6-5-21(17-27(22)37-28)25-19-26(23-20-31-9-7-24(23)33-25)32-8-4-14-34-12-2-1-3-13-34/h5-7,9,17-20,30H,1-4,8,10-16H2,(H,32,33). The fourth-order valence-electron chi connectivity index (χ4n) is 5.39. The SMILES string of the molecule is O=C(c1cc2ccc(-c3cc(NCCCN4CCCCC4)c4cnccc4n3)cc2s1)N1CCNCC1. The first kappa shape index (κ1) is 24.3. The maximum Gasteiger partial charge on any atom is 0.264 e. The Kier molecular flexibility index (Phi) is 7.30. The smallest absolute Gasteiger partial charge is 0.264 e. The van der Waals surface area contributed by atoms with Crippen LogP contribution < -0.4 is 10.6 Å². The summed E-state index contributed by atoms with van der Waals surface area (Å²) in [6.07, 6.45) is 8.85. The average molecular weight is 515 g/mol. The van der Waals surface area contributed by atoms with Gasteiger partial charge in [-0.25, -0.2) is 4.98 Å². The van der Waals surface area contributed by atoms with Crippen LogP contribution in [0.1, 0.15) is 35.4 Å². The Balaban J connectivity index is 1.23. The van der Waals surface area contributed by atoms with Crippen LogP contribution >= 0.6 is 11.3 Å². The summed E-state index contributed by atoms with van der Waals surface area (Å²) < 4.78 is 1.11. The molecule has 8 heteroatoms. The van der Waals surface area contributed by atoms with Gasteiger partial charge in [-0.2, -0.15) is 0 Å². The molecule has 0 radical (unpaired) electrons. The molecular formula is C29H34N6OS. The molecule has 37 heavy (non-hydrogen) atoms. The van der Waals surface area contributed by atoms with Gasteiger partial charge in [0.05, 0.1) is 16.1 Å². The number of rotatable bonds is 7. The van der Waals surface area contributed by atoms with Gasteiger partial charge in [0.25, 0.3) is 5.91 Å². The number of carbonyl (C=O) groups excluding carboxylic acids is 1. The van der Waals surface area contributed by atoms with Crippen molar-refractivity contribution in [1.82, 2.24) is 25.1 Å². The van der Waals surface area contributed by atoms with Crippen molar-refractivity contribution in [1.29, 1.82) is 0 Å². The first-order chi connectivity index (χ1) is 18.2. The van der Waals surface area contributed by atoms with Crippen LogP contribution in [0.25, 0.3) is 32.2 Å². The summed E-state index contributed by atoms with van der Waals surface area (Å²) in [6, 6.07) is 12.6. The van der Waals surface area contributed by atoms with Gasteiger partial charge in [0.2, 0.25) is 0 Å². The van der Waals surface area contributed by atoms with Gasteiger partial charge >= 0.3 is 0 Å². The number of carbonyl (C=O) groups is 1. The summed E-state index contributed by atoms with van der Waals surface area (Å²) in [4.78, 5) is 27.7. The van der Waals surface area contributed by atoms with Crippen LogP contribution in [0.5, 0.6) is 0 Å². The highest BCUT2D eigenvalue weighted by molar-refractivity contribution is 7.20. The van der Waals surface area contributed by atoms with E-state index in [9.17, 15) is 4.79 Å². The maximum atomic E-state index is 13.0. The van der Waals surface area contributed by atoms with Crippen LogP contribution in [0.15, 0.2) is 48.8 Å². The molecule has 1 amide bonds. The minimum absolute atomic E-state index is 0.136. The third kappa shape index (κ3) is 5.46. The first-order valence-corrected chi connectivity index (χ1v) is 14.3. The van der Waals surface area contributed by atoms with E-state index >= 15 is 0 Å². The van der Waals surface area contributed by atoms with Crippen molar-refractivity contribution < 1.29 is 4.79 Å². The van der Waals surface area contributed by atoms with Crippen LogP contribution in [0, 0.1) is 0 Å². The third-order valence-electron chi connectivity index (χ3n) is 7.46. The summed E-state index contributed by atoms with van der Waals surface area (Å²) >= 11 is 1.58. The van der Waals surface area contributed by atoms with Crippen LogP contribution in [0.3, 0.4) is 0 Å². The Morgan fingerprint density at radius 1 is 1.03 bits per heavy atom. The molecule has 0 saturated carbocycles. The van der Waals surface area contributed by atoms with Crippen molar-refractivity contribution in [3.63, 3.8) is 0 Å². The lowest BCUT2D eigenvalue weighted by Crippen LogP contribution is -2.46. The van der Waals surface area contributed by atoms with Gasteiger partial charge in [0.1, 0.15) is 0 Å². The lowest BCUT2D eigenvalue weighted by Gasteiger charge is -2.26. The molecule has 0 atom stereocenters. The number of fused-ring (bicyclic) bond motifs is 2. The fraction of sp³-hybridized carbons (Fsp3) is 0.414. The van der Waals surface area contributed by atoms with E-state index in [0.29, 0.717) is 0 Å². The second-order valence-electron chi connectivity index (χ2n) is 10.0. The van der Waals surface area contributed by atoms with E-state index < -0.39 is 0 Å². The van der Waals surface area contributed by atoms with Gasteiger partial charge in [-0.05, 0) is 68.5 Å². The van der Waals surface area contributed by atoms with E-state index in [1.165, 1.54) is 32.4 Å². The highest BCUT2D eigenvalue weighted by atomic mass is 32.1. The lowest BCUT2D eigenvalue weighted by atomic mass is 10.1. The van der Waals surface area contributed by atoms with Crippen molar-refractivity contribution in [3.05, 3.63) is 53.7 Å². The number of nitrogens with one attached hydrogen (secondary N) is 2. The number of hydrogen-bond acceptors (Lipinski definition) is 7. The monoisotopic (exact) mass is 514 g/mol. The molecule has 1 aromatic carbocycles. The van der Waals surface area contributed by atoms with E-state index in [4.69, 9.17) is 4.98 Å². The number of piperidine rings is 1. The van der Waals surface area contributed by atoms with Gasteiger partial charge in [0, 0.05) is 66.5 Å². The molecule has 192 valence electrons. The molecule has 4 aromatic rings. The lowest BCUT2D eigenvalue weighted by molar-refractivity contribution is 0.0741. The predicted molar refractivity (Wildman–Crippen MR) is 153 cm³/mol. The zero-order chi connectivity index (χ0) is 25.0. The molecule has 7 nitrogen and oxygen atoms in total. The molecule has 2 aliphatic heterocycles. The van der Waals surface area contributed by atoms with Crippen LogP contribution in [0.4, 0.5) is 5.69 Å². The largest absolute Gasteiger partial charge is 0.384 e. The molecule has 2 aliphatic rings. The maximum absolute atomic E-state index is 13.0. The zero-order valence-electron chi connectivity index (χ0n) is 21.2. The predicted octanol–water partition coefficient (Wildman–Crippen LogP) is 4.84. The number of aromatic nitrogens is 2. The first-order valence-electron chi connectivity index (χ1n) is 13.5. The summed E-state index contributed by atoms with van der Waals surface area (Å²) in [7, 11) is 0. The minimum atomic E-state index is 0.136.